The minimum absolute atomic E-state index is 0.0684. The van der Waals surface area contributed by atoms with Crippen LogP contribution in [0.5, 0.6) is 0 Å². The number of methoxy groups -OCH3 is 1. The van der Waals surface area contributed by atoms with E-state index in [9.17, 15) is 19.5 Å². The van der Waals surface area contributed by atoms with Crippen molar-refractivity contribution in [1.29, 1.82) is 0 Å². The molecule has 0 radical (unpaired) electrons. The first-order valence-corrected chi connectivity index (χ1v) is 18.1. The number of nitrogens with zero attached hydrogens (tertiary/aromatic N) is 1. The molecule has 0 amide bonds. The summed E-state index contributed by atoms with van der Waals surface area (Å²) in [7, 11) is 5.37. The number of likely N-dealkylation sites (N-methyl/N-ethyl adjacent to an activating group) is 1. The Labute approximate surface area is 297 Å². The van der Waals surface area contributed by atoms with Gasteiger partial charge in [-0.05, 0) is 58.1 Å². The van der Waals surface area contributed by atoms with Crippen molar-refractivity contribution >= 4 is 34.2 Å². The minimum atomic E-state index is -1.96. The van der Waals surface area contributed by atoms with Crippen molar-refractivity contribution < 1.29 is 52.4 Å². The highest BCUT2D eigenvalue weighted by Crippen LogP contribution is 2.65. The Morgan fingerprint density at radius 2 is 1.74 bits per heavy atom. The summed E-state index contributed by atoms with van der Waals surface area (Å²) in [5.74, 6) is -4.07. The second-order valence-corrected chi connectivity index (χ2v) is 16.0. The van der Waals surface area contributed by atoms with Crippen LogP contribution in [-0.2, 0) is 42.5 Å². The van der Waals surface area contributed by atoms with Crippen LogP contribution in [0.25, 0.3) is 0 Å². The number of carbonyl (C=O) groups excluding carboxylic acids is 4. The minimum Gasteiger partial charge on any atom is -0.456 e. The topological polar surface area (TPSA) is 147 Å². The van der Waals surface area contributed by atoms with Crippen LogP contribution in [0.15, 0.2) is 41.5 Å². The van der Waals surface area contributed by atoms with Gasteiger partial charge in [-0.1, -0.05) is 39.0 Å². The molecule has 5 rings (SSSR count). The van der Waals surface area contributed by atoms with Gasteiger partial charge in [0.05, 0.1) is 29.6 Å². The van der Waals surface area contributed by atoms with Gasteiger partial charge >= 0.3 is 17.9 Å². The molecule has 4 aliphatic rings. The van der Waals surface area contributed by atoms with Crippen molar-refractivity contribution in [3.63, 3.8) is 0 Å². The average molecular weight is 716 g/mol. The molecular formula is C37H53NO11Si. The van der Waals surface area contributed by atoms with Crippen LogP contribution in [0.3, 0.4) is 0 Å². The van der Waals surface area contributed by atoms with Gasteiger partial charge in [0.25, 0.3) is 0 Å². The Balaban J connectivity index is 1.77. The van der Waals surface area contributed by atoms with Gasteiger partial charge in [0.2, 0.25) is 0 Å². The average Bonchev–Trinajstić information content (AvgIpc) is 3.05. The summed E-state index contributed by atoms with van der Waals surface area (Å²) >= 11 is 0. The van der Waals surface area contributed by atoms with Gasteiger partial charge in [0.15, 0.2) is 11.7 Å². The summed E-state index contributed by atoms with van der Waals surface area (Å²) in [6.45, 7) is 12.1. The van der Waals surface area contributed by atoms with E-state index in [1.54, 1.807) is 44.2 Å². The molecule has 9 unspecified atom stereocenters. The van der Waals surface area contributed by atoms with Crippen molar-refractivity contribution in [1.82, 2.24) is 4.90 Å². The lowest BCUT2D eigenvalue weighted by Gasteiger charge is -2.68. The molecule has 3 aliphatic carbocycles. The highest BCUT2D eigenvalue weighted by atomic mass is 28.2. The van der Waals surface area contributed by atoms with Crippen LogP contribution in [0.2, 0.25) is 0 Å². The zero-order valence-electron chi connectivity index (χ0n) is 31.1. The van der Waals surface area contributed by atoms with Crippen molar-refractivity contribution in [2.75, 3.05) is 27.8 Å². The first-order chi connectivity index (χ1) is 23.3. The smallest absolute Gasteiger partial charge is 0.338 e. The molecule has 276 valence electrons. The maximum absolute atomic E-state index is 15.3. The molecule has 2 bridgehead atoms. The third-order valence-electron chi connectivity index (χ3n) is 12.5. The number of Topliss-reactive ketones (excluding diaryl/α,β-unsaturated/α-hetero) is 1. The van der Waals surface area contributed by atoms with Crippen molar-refractivity contribution in [3.8, 4) is 0 Å². The standard InChI is InChI=1S/C37H53NO11Si/c1-19-24(46-33(42)28(44-10)21(3)38(8)9)17-37(43)31(47-32(41)23-14-12-11-13-15-23)29-35(7,30(40)20(2)27(19)34(37,5)6)25(49-50)16-26-36(29,18-45-26)48-22(4)39/h11-15,20-21,24-26,28-29,31,43H,16-18H2,1-10,50H3/t20-,21?,24?,25?,26?,28?,29?,31?,35-,36?,37?/m1/s1. The van der Waals surface area contributed by atoms with Gasteiger partial charge in [0.1, 0.15) is 40.2 Å². The van der Waals surface area contributed by atoms with E-state index in [4.69, 9.17) is 28.1 Å². The van der Waals surface area contributed by atoms with Crippen LogP contribution in [0.1, 0.15) is 71.7 Å². The third-order valence-corrected chi connectivity index (χ3v) is 13.0. The third kappa shape index (κ3) is 5.68. The van der Waals surface area contributed by atoms with E-state index in [0.717, 1.165) is 0 Å². The van der Waals surface area contributed by atoms with Crippen molar-refractivity contribution in [3.05, 3.63) is 47.0 Å². The summed E-state index contributed by atoms with van der Waals surface area (Å²) < 4.78 is 36.7. The normalized spacial score (nSPS) is 37.3. The molecule has 2 saturated carbocycles. The second-order valence-electron chi connectivity index (χ2n) is 15.5. The number of rotatable bonds is 9. The van der Waals surface area contributed by atoms with E-state index >= 15 is 4.79 Å². The number of hydrogen-bond donors (Lipinski definition) is 1. The van der Waals surface area contributed by atoms with E-state index in [2.05, 4.69) is 0 Å². The molecule has 1 N–H and O–H groups in total. The van der Waals surface area contributed by atoms with Gasteiger partial charge in [-0.2, -0.15) is 0 Å². The van der Waals surface area contributed by atoms with Gasteiger partial charge in [-0.25, -0.2) is 9.59 Å². The molecule has 13 heteroatoms. The Hall–Kier alpha value is -2.94. The maximum Gasteiger partial charge on any atom is 0.338 e. The Bertz CT molecular complexity index is 1550. The molecule has 3 fully saturated rings. The summed E-state index contributed by atoms with van der Waals surface area (Å²) in [6.07, 6.45) is -4.69. The Morgan fingerprint density at radius 1 is 1.10 bits per heavy atom. The van der Waals surface area contributed by atoms with E-state index in [1.807, 2.05) is 46.7 Å². The molecule has 1 aromatic rings. The molecular weight excluding hydrogens is 662 g/mol. The molecule has 12 nitrogen and oxygen atoms in total. The van der Waals surface area contributed by atoms with Crippen molar-refractivity contribution in [2.45, 2.75) is 109 Å². The number of fused-ring (bicyclic) bond motifs is 5. The van der Waals surface area contributed by atoms with E-state index in [1.165, 1.54) is 14.0 Å². The van der Waals surface area contributed by atoms with E-state index in [-0.39, 0.29) is 47.3 Å². The molecule has 1 aromatic carbocycles. The van der Waals surface area contributed by atoms with Gasteiger partial charge in [-0.3, -0.25) is 9.59 Å². The molecule has 1 saturated heterocycles. The fourth-order valence-corrected chi connectivity index (χ4v) is 10.2. The Kier molecular flexibility index (Phi) is 10.4. The molecule has 11 atom stereocenters. The largest absolute Gasteiger partial charge is 0.456 e. The summed E-state index contributed by atoms with van der Waals surface area (Å²) in [5, 5.41) is 13.5. The van der Waals surface area contributed by atoms with Gasteiger partial charge in [0, 0.05) is 44.2 Å². The number of ether oxygens (including phenoxy) is 5. The SMILES string of the molecule is COC(C(=O)OC1CC2(O)C(OC(=O)c3ccccc3)C3C4(OC(C)=O)COC4CC(O[SiH3])[C@@]3(C)C(=O)[C@H](C)C(=C1C)C2(C)C)C(C)N(C)C. The van der Waals surface area contributed by atoms with E-state index < -0.39 is 82.3 Å². The predicted molar refractivity (Wildman–Crippen MR) is 185 cm³/mol. The molecule has 0 spiro atoms. The number of aliphatic hydroxyl groups is 1. The fraction of sp³-hybridized carbons (Fsp3) is 0.676. The van der Waals surface area contributed by atoms with E-state index in [0.29, 0.717) is 11.1 Å². The zero-order valence-corrected chi connectivity index (χ0v) is 33.1. The highest BCUT2D eigenvalue weighted by molar-refractivity contribution is 5.99. The summed E-state index contributed by atoms with van der Waals surface area (Å²) in [6, 6.07) is 8.03. The zero-order chi connectivity index (χ0) is 37.1. The van der Waals surface area contributed by atoms with Crippen LogP contribution in [-0.4, -0.2) is 120 Å². The number of carbonyl (C=O) groups is 4. The molecule has 0 aromatic heterocycles. The number of benzene rings is 1. The van der Waals surface area contributed by atoms with Crippen LogP contribution < -0.4 is 0 Å². The first-order valence-electron chi connectivity index (χ1n) is 17.3. The van der Waals surface area contributed by atoms with Gasteiger partial charge in [-0.15, -0.1) is 0 Å². The van der Waals surface area contributed by atoms with Gasteiger partial charge < -0.3 is 38.1 Å². The predicted octanol–water partition coefficient (Wildman–Crippen LogP) is 2.18. The first kappa shape index (κ1) is 38.3. The second kappa shape index (κ2) is 13.6. The number of esters is 3. The lowest BCUT2D eigenvalue weighted by molar-refractivity contribution is -0.343. The molecule has 1 aliphatic heterocycles. The number of hydrogen-bond acceptors (Lipinski definition) is 12. The lowest BCUT2D eigenvalue weighted by atomic mass is 9.43. The lowest BCUT2D eigenvalue weighted by Crippen LogP contribution is -2.81. The van der Waals surface area contributed by atoms with Crippen LogP contribution in [0.4, 0.5) is 0 Å². The Morgan fingerprint density at radius 3 is 2.26 bits per heavy atom. The molecule has 50 heavy (non-hydrogen) atoms. The maximum atomic E-state index is 15.3. The highest BCUT2D eigenvalue weighted by Gasteiger charge is 2.77. The monoisotopic (exact) mass is 715 g/mol. The number of ketones is 1. The fourth-order valence-electron chi connectivity index (χ4n) is 9.56. The van der Waals surface area contributed by atoms with Crippen molar-refractivity contribution in [2.24, 2.45) is 22.7 Å². The quantitative estimate of drug-likeness (QED) is 0.173. The molecule has 1 heterocycles. The summed E-state index contributed by atoms with van der Waals surface area (Å²) in [5.41, 5.74) is -4.54. The van der Waals surface area contributed by atoms with Crippen LogP contribution in [0, 0.1) is 22.7 Å². The van der Waals surface area contributed by atoms with Crippen LogP contribution >= 0.6 is 0 Å². The summed E-state index contributed by atoms with van der Waals surface area (Å²) in [4.78, 5) is 57.9.